The van der Waals surface area contributed by atoms with E-state index in [4.69, 9.17) is 4.74 Å². The fourth-order valence-electron chi connectivity index (χ4n) is 2.25. The van der Waals surface area contributed by atoms with Crippen molar-refractivity contribution in [1.82, 2.24) is 4.98 Å². The summed E-state index contributed by atoms with van der Waals surface area (Å²) in [6.45, 7) is 5.28. The van der Waals surface area contributed by atoms with Gasteiger partial charge in [0.05, 0.1) is 7.11 Å². The lowest BCUT2D eigenvalue weighted by molar-refractivity contribution is 0.0591. The number of carbonyl (C=O) groups excluding carboxylic acids is 2. The summed E-state index contributed by atoms with van der Waals surface area (Å²) >= 11 is 1.28. The highest BCUT2D eigenvalue weighted by atomic mass is 32.1. The molecule has 0 aromatic carbocycles. The number of nitrogens with zero attached hydrogens (tertiary/aromatic N) is 2. The molecule has 1 aromatic heterocycles. The summed E-state index contributed by atoms with van der Waals surface area (Å²) in [6, 6.07) is 0. The van der Waals surface area contributed by atoms with E-state index in [9.17, 15) is 9.59 Å². The molecule has 0 radical (unpaired) electrons. The molecule has 0 bridgehead atoms. The predicted molar refractivity (Wildman–Crippen MR) is 78.7 cm³/mol. The van der Waals surface area contributed by atoms with Gasteiger partial charge in [-0.2, -0.15) is 0 Å². The third-order valence-corrected chi connectivity index (χ3v) is 4.89. The molecule has 1 aromatic rings. The molecule has 0 N–H and O–H groups in total. The van der Waals surface area contributed by atoms with Crippen molar-refractivity contribution in [1.29, 1.82) is 0 Å². The maximum absolute atomic E-state index is 11.7. The first-order valence-electron chi connectivity index (χ1n) is 6.91. The number of Topliss-reactive ketones (excluding diaryl/α,β-unsaturated/α-hetero) is 1. The Labute approximate surface area is 122 Å². The van der Waals surface area contributed by atoms with Gasteiger partial charge in [0.15, 0.2) is 16.6 Å². The first kappa shape index (κ1) is 15.0. The van der Waals surface area contributed by atoms with Crippen LogP contribution < -0.4 is 4.90 Å². The lowest BCUT2D eigenvalue weighted by Crippen LogP contribution is -2.32. The van der Waals surface area contributed by atoms with E-state index in [1.165, 1.54) is 44.6 Å². The second-order valence-corrected chi connectivity index (χ2v) is 6.04. The van der Waals surface area contributed by atoms with Gasteiger partial charge in [0.2, 0.25) is 0 Å². The fraction of sp³-hybridized carbons (Fsp3) is 0.643. The molecule has 0 amide bonds. The Kier molecular flexibility index (Phi) is 4.75. The second kappa shape index (κ2) is 6.35. The lowest BCUT2D eigenvalue weighted by Gasteiger charge is -2.31. The van der Waals surface area contributed by atoms with Crippen LogP contribution in [0.4, 0.5) is 5.13 Å². The van der Waals surface area contributed by atoms with Crippen LogP contribution in [0.2, 0.25) is 0 Å². The number of thiazole rings is 1. The zero-order valence-corrected chi connectivity index (χ0v) is 13.0. The number of anilines is 1. The second-order valence-electron chi connectivity index (χ2n) is 5.06. The van der Waals surface area contributed by atoms with E-state index < -0.39 is 5.97 Å². The number of ketones is 1. The van der Waals surface area contributed by atoms with E-state index in [0.717, 1.165) is 18.2 Å². The number of methoxy groups -OCH3 is 1. The van der Waals surface area contributed by atoms with Gasteiger partial charge in [-0.15, -0.1) is 0 Å². The maximum Gasteiger partial charge on any atom is 0.358 e. The van der Waals surface area contributed by atoms with Gasteiger partial charge in [-0.1, -0.05) is 17.8 Å². The molecule has 20 heavy (non-hydrogen) atoms. The number of hydrogen-bond donors (Lipinski definition) is 0. The quantitative estimate of drug-likeness (QED) is 0.597. The molecule has 110 valence electrons. The molecule has 0 spiro atoms. The minimum Gasteiger partial charge on any atom is -0.464 e. The first-order chi connectivity index (χ1) is 9.56. The highest BCUT2D eigenvalue weighted by molar-refractivity contribution is 7.17. The molecule has 0 aliphatic heterocycles. The van der Waals surface area contributed by atoms with Gasteiger partial charge in [-0.3, -0.25) is 4.79 Å². The van der Waals surface area contributed by atoms with Crippen LogP contribution in [0.15, 0.2) is 0 Å². The number of carbonyl (C=O) groups is 2. The summed E-state index contributed by atoms with van der Waals surface area (Å²) in [5.74, 6) is 0.0208. The number of rotatable bonds is 6. The molecule has 1 aliphatic rings. The van der Waals surface area contributed by atoms with E-state index in [0.29, 0.717) is 10.8 Å². The normalized spacial score (nSPS) is 14.8. The van der Waals surface area contributed by atoms with Crippen LogP contribution in [-0.2, 0) is 4.74 Å². The summed E-state index contributed by atoms with van der Waals surface area (Å²) in [5, 5.41) is 0.741. The van der Waals surface area contributed by atoms with Crippen molar-refractivity contribution in [3.05, 3.63) is 10.6 Å². The summed E-state index contributed by atoms with van der Waals surface area (Å²) in [7, 11) is 1.30. The van der Waals surface area contributed by atoms with Gasteiger partial charge in [0.25, 0.3) is 0 Å². The maximum atomic E-state index is 11.7. The fourth-order valence-corrected chi connectivity index (χ4v) is 3.27. The van der Waals surface area contributed by atoms with Crippen LogP contribution in [0.3, 0.4) is 0 Å². The van der Waals surface area contributed by atoms with E-state index in [1.54, 1.807) is 0 Å². The van der Waals surface area contributed by atoms with Crippen LogP contribution in [0, 0.1) is 5.92 Å². The number of aromatic nitrogens is 1. The van der Waals surface area contributed by atoms with E-state index >= 15 is 0 Å². The molecular formula is C14H20N2O3S. The summed E-state index contributed by atoms with van der Waals surface area (Å²) in [5.41, 5.74) is 0.145. The number of esters is 1. The third kappa shape index (κ3) is 3.00. The van der Waals surface area contributed by atoms with Crippen LogP contribution >= 0.6 is 11.3 Å². The van der Waals surface area contributed by atoms with Crippen LogP contribution in [0.25, 0.3) is 0 Å². The van der Waals surface area contributed by atoms with Crippen molar-refractivity contribution in [3.63, 3.8) is 0 Å². The first-order valence-corrected chi connectivity index (χ1v) is 7.73. The molecule has 1 saturated carbocycles. The Bertz CT molecular complexity index is 509. The highest BCUT2D eigenvalue weighted by Gasteiger charge is 2.26. The van der Waals surface area contributed by atoms with E-state index in [1.807, 2.05) is 0 Å². The van der Waals surface area contributed by atoms with Gasteiger partial charge in [0, 0.05) is 20.0 Å². The Hall–Kier alpha value is -1.43. The SMILES string of the molecule is CCN(CC1CCC1)c1nc(C(=O)OC)c(C(C)=O)s1. The summed E-state index contributed by atoms with van der Waals surface area (Å²) in [6.07, 6.45) is 3.81. The molecule has 2 rings (SSSR count). The number of hydrogen-bond acceptors (Lipinski definition) is 6. The molecule has 1 fully saturated rings. The van der Waals surface area contributed by atoms with Gasteiger partial charge >= 0.3 is 5.97 Å². The molecular weight excluding hydrogens is 276 g/mol. The van der Waals surface area contributed by atoms with Crippen LogP contribution in [0.1, 0.15) is 53.3 Å². The van der Waals surface area contributed by atoms with Crippen molar-refractivity contribution in [3.8, 4) is 0 Å². The van der Waals surface area contributed by atoms with Crippen molar-refractivity contribution < 1.29 is 14.3 Å². The van der Waals surface area contributed by atoms with E-state index in [-0.39, 0.29) is 11.5 Å². The van der Waals surface area contributed by atoms with Gasteiger partial charge in [-0.05, 0) is 25.7 Å². The van der Waals surface area contributed by atoms with Crippen LogP contribution in [0.5, 0.6) is 0 Å². The standard InChI is InChI=1S/C14H20N2O3S/c1-4-16(8-10-6-5-7-10)14-15-11(13(18)19-3)12(20-14)9(2)17/h10H,4-8H2,1-3H3. The Balaban J connectivity index is 2.25. The minimum absolute atomic E-state index is 0.145. The monoisotopic (exact) mass is 296 g/mol. The Morgan fingerprint density at radius 3 is 2.60 bits per heavy atom. The molecule has 0 saturated heterocycles. The largest absolute Gasteiger partial charge is 0.464 e. The van der Waals surface area contributed by atoms with Crippen molar-refractivity contribution >= 4 is 28.2 Å². The van der Waals surface area contributed by atoms with Crippen LogP contribution in [-0.4, -0.2) is 36.9 Å². The number of ether oxygens (including phenoxy) is 1. The zero-order chi connectivity index (χ0) is 14.7. The molecule has 1 aliphatic carbocycles. The topological polar surface area (TPSA) is 59.5 Å². The third-order valence-electron chi connectivity index (χ3n) is 3.67. The van der Waals surface area contributed by atoms with E-state index in [2.05, 4.69) is 16.8 Å². The molecule has 0 atom stereocenters. The summed E-state index contributed by atoms with van der Waals surface area (Å²) in [4.78, 5) is 30.2. The Morgan fingerprint density at radius 2 is 2.15 bits per heavy atom. The van der Waals surface area contributed by atoms with Crippen molar-refractivity contribution in [2.75, 3.05) is 25.1 Å². The van der Waals surface area contributed by atoms with Crippen molar-refractivity contribution in [2.45, 2.75) is 33.1 Å². The molecule has 5 nitrogen and oxygen atoms in total. The van der Waals surface area contributed by atoms with Gasteiger partial charge < -0.3 is 9.64 Å². The average molecular weight is 296 g/mol. The molecule has 1 heterocycles. The lowest BCUT2D eigenvalue weighted by atomic mass is 9.85. The van der Waals surface area contributed by atoms with Gasteiger partial charge in [0.1, 0.15) is 4.88 Å². The Morgan fingerprint density at radius 1 is 1.45 bits per heavy atom. The smallest absolute Gasteiger partial charge is 0.358 e. The zero-order valence-electron chi connectivity index (χ0n) is 12.1. The minimum atomic E-state index is -0.544. The molecule has 0 unspecified atom stereocenters. The average Bonchev–Trinajstić information content (AvgIpc) is 2.82. The predicted octanol–water partition coefficient (Wildman–Crippen LogP) is 2.76. The highest BCUT2D eigenvalue weighted by Crippen LogP contribution is 2.32. The molecule has 6 heteroatoms. The summed E-state index contributed by atoms with van der Waals surface area (Å²) < 4.78 is 4.70. The van der Waals surface area contributed by atoms with Gasteiger partial charge in [-0.25, -0.2) is 9.78 Å². The van der Waals surface area contributed by atoms with Crippen molar-refractivity contribution in [2.24, 2.45) is 5.92 Å².